The molecule has 176 valence electrons. The number of anilines is 1. The van der Waals surface area contributed by atoms with Gasteiger partial charge in [-0.2, -0.15) is 0 Å². The quantitative estimate of drug-likeness (QED) is 0.403. The van der Waals surface area contributed by atoms with Crippen LogP contribution in [0.3, 0.4) is 0 Å². The Morgan fingerprint density at radius 2 is 1.91 bits per heavy atom. The van der Waals surface area contributed by atoms with Gasteiger partial charge in [0.2, 0.25) is 0 Å². The van der Waals surface area contributed by atoms with Crippen molar-refractivity contribution < 1.29 is 19.1 Å². The molecule has 1 saturated heterocycles. The predicted octanol–water partition coefficient (Wildman–Crippen LogP) is 2.76. The molecule has 3 aromatic heterocycles. The highest BCUT2D eigenvalue weighted by Gasteiger charge is 2.19. The van der Waals surface area contributed by atoms with Gasteiger partial charge in [-0.15, -0.1) is 11.3 Å². The van der Waals surface area contributed by atoms with Crippen LogP contribution in [0.2, 0.25) is 0 Å². The molecule has 2 N–H and O–H groups in total. The van der Waals surface area contributed by atoms with E-state index in [-0.39, 0.29) is 0 Å². The topological polar surface area (TPSA) is 82.8 Å². The van der Waals surface area contributed by atoms with Gasteiger partial charge in [-0.25, -0.2) is 9.97 Å². The molecule has 9 heteroatoms. The van der Waals surface area contributed by atoms with Crippen LogP contribution < -0.4 is 19.7 Å². The van der Waals surface area contributed by atoms with E-state index in [9.17, 15) is 0 Å². The summed E-state index contributed by atoms with van der Waals surface area (Å²) in [5, 5.41) is 6.76. The first kappa shape index (κ1) is 22.5. The third-order valence-corrected chi connectivity index (χ3v) is 6.89. The summed E-state index contributed by atoms with van der Waals surface area (Å²) in [5.74, 6) is 2.90. The molecule has 0 atom stereocenters. The molecule has 0 saturated carbocycles. The lowest BCUT2D eigenvalue weighted by molar-refractivity contribution is -0.906. The maximum atomic E-state index is 5.54. The van der Waals surface area contributed by atoms with E-state index in [1.54, 1.807) is 42.8 Å². The molecule has 1 aliphatic rings. The number of fused-ring (bicyclic) bond motifs is 1. The standard InChI is InChI=1S/C25H27N5O3S/c1-31-20-6-5-17(14-21(20)32-2)19-16-34-25-22(19)24(27-8-9-30-10-12-33-13-11-30)28-23(29-25)18-4-3-7-26-15-18/h3-7,14-16H,8-13H2,1-2H3,(H,27,28,29)/p+1. The summed E-state index contributed by atoms with van der Waals surface area (Å²) in [6, 6.07) is 9.86. The van der Waals surface area contributed by atoms with Gasteiger partial charge in [0.1, 0.15) is 23.7 Å². The summed E-state index contributed by atoms with van der Waals surface area (Å²) in [7, 11) is 3.29. The summed E-state index contributed by atoms with van der Waals surface area (Å²) in [5.41, 5.74) is 3.00. The number of methoxy groups -OCH3 is 2. The van der Waals surface area contributed by atoms with E-state index < -0.39 is 0 Å². The monoisotopic (exact) mass is 478 g/mol. The Morgan fingerprint density at radius 3 is 2.68 bits per heavy atom. The molecule has 0 bridgehead atoms. The van der Waals surface area contributed by atoms with Gasteiger partial charge in [-0.1, -0.05) is 6.07 Å². The minimum absolute atomic E-state index is 0.669. The zero-order valence-electron chi connectivity index (χ0n) is 19.3. The van der Waals surface area contributed by atoms with Crippen LogP contribution in [0.1, 0.15) is 0 Å². The number of nitrogens with one attached hydrogen (secondary N) is 2. The van der Waals surface area contributed by atoms with Crippen LogP contribution in [0.5, 0.6) is 11.5 Å². The van der Waals surface area contributed by atoms with Gasteiger partial charge >= 0.3 is 0 Å². The number of ether oxygens (including phenoxy) is 3. The number of nitrogens with zero attached hydrogens (tertiary/aromatic N) is 3. The number of morpholine rings is 1. The molecule has 5 rings (SSSR count). The molecule has 4 aromatic rings. The maximum Gasteiger partial charge on any atom is 0.164 e. The Bertz CT molecular complexity index is 1260. The Balaban J connectivity index is 1.54. The Hall–Kier alpha value is -3.27. The van der Waals surface area contributed by atoms with Crippen molar-refractivity contribution in [2.45, 2.75) is 0 Å². The third kappa shape index (κ3) is 4.68. The van der Waals surface area contributed by atoms with Gasteiger partial charge < -0.3 is 24.4 Å². The first-order chi connectivity index (χ1) is 16.8. The lowest BCUT2D eigenvalue weighted by atomic mass is 10.1. The second-order valence-electron chi connectivity index (χ2n) is 8.08. The molecule has 0 radical (unpaired) electrons. The Kier molecular flexibility index (Phi) is 6.84. The molecule has 4 heterocycles. The third-order valence-electron chi connectivity index (χ3n) is 6.02. The fraction of sp³-hybridized carbons (Fsp3) is 0.320. The zero-order valence-corrected chi connectivity index (χ0v) is 20.2. The number of rotatable bonds is 8. The van der Waals surface area contributed by atoms with Crippen LogP contribution in [0.25, 0.3) is 32.7 Å². The minimum atomic E-state index is 0.669. The van der Waals surface area contributed by atoms with E-state index in [4.69, 9.17) is 24.2 Å². The van der Waals surface area contributed by atoms with Crippen LogP contribution in [-0.2, 0) is 4.74 Å². The summed E-state index contributed by atoms with van der Waals surface area (Å²) < 4.78 is 16.4. The van der Waals surface area contributed by atoms with Gasteiger partial charge in [0, 0.05) is 28.9 Å². The van der Waals surface area contributed by atoms with Gasteiger partial charge in [-0.3, -0.25) is 4.98 Å². The highest BCUT2D eigenvalue weighted by Crippen LogP contribution is 2.40. The molecule has 0 unspecified atom stereocenters. The number of pyridine rings is 1. The zero-order chi connectivity index (χ0) is 23.3. The van der Waals surface area contributed by atoms with Crippen molar-refractivity contribution >= 4 is 27.4 Å². The first-order valence-electron chi connectivity index (χ1n) is 11.3. The molecule has 0 amide bonds. The average molecular weight is 479 g/mol. The van der Waals surface area contributed by atoms with Crippen LogP contribution in [0, 0.1) is 0 Å². The second-order valence-corrected chi connectivity index (χ2v) is 8.93. The number of thiophene rings is 1. The Labute approximate surface area is 202 Å². The summed E-state index contributed by atoms with van der Waals surface area (Å²) in [6.07, 6.45) is 3.55. The van der Waals surface area contributed by atoms with E-state index in [2.05, 4.69) is 15.7 Å². The molecular weight excluding hydrogens is 450 g/mol. The molecule has 0 aliphatic carbocycles. The van der Waals surface area contributed by atoms with Crippen molar-refractivity contribution in [1.29, 1.82) is 0 Å². The molecular formula is C25H28N5O3S+. The van der Waals surface area contributed by atoms with Gasteiger partial charge in [0.25, 0.3) is 0 Å². The number of hydrogen-bond donors (Lipinski definition) is 2. The normalized spacial score (nSPS) is 14.3. The van der Waals surface area contributed by atoms with Crippen LogP contribution in [0.4, 0.5) is 5.82 Å². The fourth-order valence-corrected chi connectivity index (χ4v) is 5.12. The molecule has 34 heavy (non-hydrogen) atoms. The smallest absolute Gasteiger partial charge is 0.164 e. The van der Waals surface area contributed by atoms with Crippen LogP contribution >= 0.6 is 11.3 Å². The number of benzene rings is 1. The summed E-state index contributed by atoms with van der Waals surface area (Å²) in [4.78, 5) is 16.5. The van der Waals surface area contributed by atoms with Crippen molar-refractivity contribution in [2.75, 3.05) is 58.9 Å². The van der Waals surface area contributed by atoms with Crippen LogP contribution in [0.15, 0.2) is 48.1 Å². The maximum absolute atomic E-state index is 5.54. The van der Waals surface area contributed by atoms with Gasteiger partial charge in [-0.05, 0) is 29.8 Å². The van der Waals surface area contributed by atoms with Crippen molar-refractivity contribution in [3.63, 3.8) is 0 Å². The minimum Gasteiger partial charge on any atom is -0.493 e. The van der Waals surface area contributed by atoms with E-state index in [1.807, 2.05) is 30.3 Å². The Morgan fingerprint density at radius 1 is 1.06 bits per heavy atom. The molecule has 1 aliphatic heterocycles. The van der Waals surface area contributed by atoms with Crippen molar-refractivity contribution in [3.05, 3.63) is 48.1 Å². The van der Waals surface area contributed by atoms with E-state index >= 15 is 0 Å². The molecule has 1 aromatic carbocycles. The van der Waals surface area contributed by atoms with Gasteiger partial charge in [0.05, 0.1) is 45.9 Å². The van der Waals surface area contributed by atoms with Gasteiger partial charge in [0.15, 0.2) is 17.3 Å². The summed E-state index contributed by atoms with van der Waals surface area (Å²) in [6.45, 7) is 5.55. The second kappa shape index (κ2) is 10.3. The van der Waals surface area contributed by atoms with Crippen molar-refractivity contribution in [2.24, 2.45) is 0 Å². The predicted molar refractivity (Wildman–Crippen MR) is 134 cm³/mol. The van der Waals surface area contributed by atoms with Crippen molar-refractivity contribution in [1.82, 2.24) is 15.0 Å². The summed E-state index contributed by atoms with van der Waals surface area (Å²) >= 11 is 1.61. The first-order valence-corrected chi connectivity index (χ1v) is 12.2. The molecule has 0 spiro atoms. The fourth-order valence-electron chi connectivity index (χ4n) is 4.18. The highest BCUT2D eigenvalue weighted by atomic mass is 32.1. The molecule has 8 nitrogen and oxygen atoms in total. The number of aromatic nitrogens is 3. The largest absolute Gasteiger partial charge is 0.493 e. The van der Waals surface area contributed by atoms with E-state index in [1.165, 1.54) is 0 Å². The average Bonchev–Trinajstić information content (AvgIpc) is 3.33. The SMILES string of the molecule is COc1ccc(-c2csc3nc(-c4cccnc4)nc(NCC[NH+]4CCOCC4)c23)cc1OC. The lowest BCUT2D eigenvalue weighted by Crippen LogP contribution is -3.14. The van der Waals surface area contributed by atoms with Crippen molar-refractivity contribution in [3.8, 4) is 34.0 Å². The number of quaternary nitrogens is 1. The highest BCUT2D eigenvalue weighted by molar-refractivity contribution is 7.17. The van der Waals surface area contributed by atoms with E-state index in [0.717, 1.165) is 72.1 Å². The number of hydrogen-bond acceptors (Lipinski definition) is 8. The van der Waals surface area contributed by atoms with Crippen LogP contribution in [-0.4, -0.2) is 68.6 Å². The lowest BCUT2D eigenvalue weighted by Gasteiger charge is -2.23. The molecule has 1 fully saturated rings. The van der Waals surface area contributed by atoms with E-state index in [0.29, 0.717) is 17.3 Å².